The normalized spacial score (nSPS) is 10.0. The van der Waals surface area contributed by atoms with Crippen molar-refractivity contribution < 1.29 is 9.53 Å². The lowest BCUT2D eigenvalue weighted by Crippen LogP contribution is -2.30. The maximum atomic E-state index is 11.7. The van der Waals surface area contributed by atoms with Crippen LogP contribution in [0, 0.1) is 11.3 Å². The van der Waals surface area contributed by atoms with Crippen molar-refractivity contribution in [2.75, 3.05) is 18.9 Å². The molecule has 6 heteroatoms. The summed E-state index contributed by atoms with van der Waals surface area (Å²) in [5.41, 5.74) is 1.71. The van der Waals surface area contributed by atoms with Gasteiger partial charge in [-0.3, -0.25) is 4.79 Å². The van der Waals surface area contributed by atoms with E-state index in [2.05, 4.69) is 11.4 Å². The van der Waals surface area contributed by atoms with Crippen molar-refractivity contribution in [2.24, 2.45) is 0 Å². The fourth-order valence-corrected chi connectivity index (χ4v) is 3.00. The van der Waals surface area contributed by atoms with Crippen LogP contribution in [0.2, 0.25) is 5.02 Å². The van der Waals surface area contributed by atoms with E-state index in [1.165, 1.54) is 0 Å². The van der Waals surface area contributed by atoms with Gasteiger partial charge in [0.05, 0.1) is 11.6 Å². The zero-order chi connectivity index (χ0) is 17.2. The van der Waals surface area contributed by atoms with Gasteiger partial charge in [0.1, 0.15) is 5.75 Å². The second-order valence-electron chi connectivity index (χ2n) is 4.92. The minimum absolute atomic E-state index is 0.0394. The van der Waals surface area contributed by atoms with E-state index in [4.69, 9.17) is 21.6 Å². The van der Waals surface area contributed by atoms with E-state index in [9.17, 15) is 4.79 Å². The first kappa shape index (κ1) is 18.2. The van der Waals surface area contributed by atoms with Gasteiger partial charge in [0.25, 0.3) is 5.91 Å². The molecule has 2 rings (SSSR count). The average molecular weight is 361 g/mol. The van der Waals surface area contributed by atoms with Crippen LogP contribution in [-0.2, 0) is 10.5 Å². The Morgan fingerprint density at radius 1 is 1.25 bits per heavy atom. The number of hydrogen-bond acceptors (Lipinski definition) is 4. The first-order valence-electron chi connectivity index (χ1n) is 7.40. The molecule has 0 aliphatic heterocycles. The zero-order valence-electron chi connectivity index (χ0n) is 13.0. The number of amides is 1. The lowest BCUT2D eigenvalue weighted by molar-refractivity contribution is -0.122. The minimum Gasteiger partial charge on any atom is -0.484 e. The number of benzene rings is 2. The molecule has 0 aliphatic rings. The average Bonchev–Trinajstić information content (AvgIpc) is 2.60. The first-order valence-corrected chi connectivity index (χ1v) is 8.93. The lowest BCUT2D eigenvalue weighted by atomic mass is 10.1. The van der Waals surface area contributed by atoms with Crippen LogP contribution >= 0.6 is 23.4 Å². The summed E-state index contributed by atoms with van der Waals surface area (Å²) in [7, 11) is 0. The Bertz CT molecular complexity index is 731. The number of nitrogens with one attached hydrogen (secondary N) is 1. The van der Waals surface area contributed by atoms with Gasteiger partial charge < -0.3 is 10.1 Å². The van der Waals surface area contributed by atoms with Crippen molar-refractivity contribution in [3.05, 3.63) is 64.7 Å². The molecular weight excluding hydrogens is 344 g/mol. The van der Waals surface area contributed by atoms with Crippen molar-refractivity contribution in [2.45, 2.75) is 5.75 Å². The summed E-state index contributed by atoms with van der Waals surface area (Å²) in [4.78, 5) is 11.7. The Morgan fingerprint density at radius 3 is 2.88 bits per heavy atom. The molecule has 2 aromatic rings. The molecule has 2 aromatic carbocycles. The Labute approximate surface area is 150 Å². The van der Waals surface area contributed by atoms with Crippen LogP contribution in [0.1, 0.15) is 11.1 Å². The molecule has 0 radical (unpaired) electrons. The van der Waals surface area contributed by atoms with Gasteiger partial charge >= 0.3 is 0 Å². The molecule has 0 heterocycles. The zero-order valence-corrected chi connectivity index (χ0v) is 14.6. The quantitative estimate of drug-likeness (QED) is 0.730. The molecule has 0 fully saturated rings. The van der Waals surface area contributed by atoms with Gasteiger partial charge in [-0.25, -0.2) is 0 Å². The summed E-state index contributed by atoms with van der Waals surface area (Å²) in [5, 5.41) is 12.4. The Kier molecular flexibility index (Phi) is 7.47. The SMILES string of the molecule is N#Cc1ccccc1CSCCNC(=O)COc1cccc(Cl)c1. The van der Waals surface area contributed by atoms with E-state index in [1.54, 1.807) is 36.0 Å². The number of hydrogen-bond donors (Lipinski definition) is 1. The van der Waals surface area contributed by atoms with Gasteiger partial charge in [0.15, 0.2) is 6.61 Å². The Balaban J connectivity index is 1.62. The highest BCUT2D eigenvalue weighted by atomic mass is 35.5. The maximum absolute atomic E-state index is 11.7. The molecular formula is C18H17ClN2O2S. The molecule has 0 bridgehead atoms. The number of rotatable bonds is 8. The second kappa shape index (κ2) is 9.86. The first-order chi connectivity index (χ1) is 11.7. The third kappa shape index (κ3) is 6.15. The molecule has 24 heavy (non-hydrogen) atoms. The van der Waals surface area contributed by atoms with Crippen LogP contribution in [-0.4, -0.2) is 24.8 Å². The lowest BCUT2D eigenvalue weighted by Gasteiger charge is -2.08. The number of carbonyl (C=O) groups is 1. The predicted molar refractivity (Wildman–Crippen MR) is 97.3 cm³/mol. The van der Waals surface area contributed by atoms with E-state index in [0.717, 1.165) is 17.1 Å². The van der Waals surface area contributed by atoms with Gasteiger partial charge in [-0.1, -0.05) is 35.9 Å². The van der Waals surface area contributed by atoms with Crippen LogP contribution < -0.4 is 10.1 Å². The van der Waals surface area contributed by atoms with E-state index in [0.29, 0.717) is 22.9 Å². The van der Waals surface area contributed by atoms with Gasteiger partial charge in [0.2, 0.25) is 0 Å². The molecule has 1 amide bonds. The van der Waals surface area contributed by atoms with Crippen LogP contribution in [0.3, 0.4) is 0 Å². The monoisotopic (exact) mass is 360 g/mol. The molecule has 0 unspecified atom stereocenters. The number of nitriles is 1. The third-order valence-corrected chi connectivity index (χ3v) is 4.37. The topological polar surface area (TPSA) is 62.1 Å². The van der Waals surface area contributed by atoms with E-state index in [1.807, 2.05) is 24.3 Å². The Hall–Kier alpha value is -2.16. The van der Waals surface area contributed by atoms with E-state index in [-0.39, 0.29) is 12.5 Å². The predicted octanol–water partition coefficient (Wildman–Crippen LogP) is 3.64. The van der Waals surface area contributed by atoms with Crippen LogP contribution in [0.15, 0.2) is 48.5 Å². The van der Waals surface area contributed by atoms with Crippen LogP contribution in [0.5, 0.6) is 5.75 Å². The van der Waals surface area contributed by atoms with Crippen molar-refractivity contribution in [1.29, 1.82) is 5.26 Å². The molecule has 0 saturated heterocycles. The van der Waals surface area contributed by atoms with Gasteiger partial charge in [-0.05, 0) is 29.8 Å². The van der Waals surface area contributed by atoms with Crippen molar-refractivity contribution in [3.63, 3.8) is 0 Å². The van der Waals surface area contributed by atoms with Crippen LogP contribution in [0.4, 0.5) is 0 Å². The molecule has 0 aliphatic carbocycles. The fraction of sp³-hybridized carbons (Fsp3) is 0.222. The highest BCUT2D eigenvalue weighted by Crippen LogP contribution is 2.17. The summed E-state index contributed by atoms with van der Waals surface area (Å²) >= 11 is 7.52. The summed E-state index contributed by atoms with van der Waals surface area (Å²) in [6.45, 7) is 0.513. The number of nitrogens with zero attached hydrogens (tertiary/aromatic N) is 1. The van der Waals surface area contributed by atoms with Gasteiger partial charge in [-0.15, -0.1) is 0 Å². The standard InChI is InChI=1S/C18H17ClN2O2S/c19-16-6-3-7-17(10-16)23-12-18(22)21-8-9-24-13-15-5-2-1-4-14(15)11-20/h1-7,10H,8-9,12-13H2,(H,21,22). The largest absolute Gasteiger partial charge is 0.484 e. The highest BCUT2D eigenvalue weighted by Gasteiger charge is 2.04. The molecule has 0 spiro atoms. The summed E-state index contributed by atoms with van der Waals surface area (Å²) < 4.78 is 5.37. The Morgan fingerprint density at radius 2 is 2.08 bits per heavy atom. The number of halogens is 1. The number of carbonyl (C=O) groups excluding carboxylic acids is 1. The van der Waals surface area contributed by atoms with Gasteiger partial charge in [0, 0.05) is 23.1 Å². The maximum Gasteiger partial charge on any atom is 0.257 e. The van der Waals surface area contributed by atoms with E-state index >= 15 is 0 Å². The summed E-state index contributed by atoms with van der Waals surface area (Å²) in [6, 6.07) is 16.6. The molecule has 0 atom stereocenters. The molecule has 0 saturated carbocycles. The third-order valence-electron chi connectivity index (χ3n) is 3.13. The van der Waals surface area contributed by atoms with E-state index < -0.39 is 0 Å². The smallest absolute Gasteiger partial charge is 0.257 e. The summed E-state index contributed by atoms with van der Waals surface area (Å²) in [5.74, 6) is 1.91. The highest BCUT2D eigenvalue weighted by molar-refractivity contribution is 7.98. The fourth-order valence-electron chi connectivity index (χ4n) is 1.96. The summed E-state index contributed by atoms with van der Waals surface area (Å²) in [6.07, 6.45) is 0. The molecule has 124 valence electrons. The van der Waals surface area contributed by atoms with Crippen LogP contribution in [0.25, 0.3) is 0 Å². The molecule has 1 N–H and O–H groups in total. The minimum atomic E-state index is -0.173. The van der Waals surface area contributed by atoms with Gasteiger partial charge in [-0.2, -0.15) is 17.0 Å². The molecule has 0 aromatic heterocycles. The van der Waals surface area contributed by atoms with Crippen molar-refractivity contribution in [1.82, 2.24) is 5.32 Å². The molecule has 4 nitrogen and oxygen atoms in total. The second-order valence-corrected chi connectivity index (χ2v) is 6.46. The van der Waals surface area contributed by atoms with Crippen molar-refractivity contribution >= 4 is 29.3 Å². The number of ether oxygens (including phenoxy) is 1. The number of thioether (sulfide) groups is 1. The van der Waals surface area contributed by atoms with Crippen molar-refractivity contribution in [3.8, 4) is 11.8 Å².